The van der Waals surface area contributed by atoms with E-state index < -0.39 is 54.4 Å². The molecule has 4 amide bonds. The van der Waals surface area contributed by atoms with Crippen molar-refractivity contribution in [3.8, 4) is 0 Å². The van der Waals surface area contributed by atoms with Crippen molar-refractivity contribution in [1.29, 1.82) is 0 Å². The van der Waals surface area contributed by atoms with Crippen molar-refractivity contribution in [1.82, 2.24) is 15.1 Å². The molecule has 0 aliphatic carbocycles. The number of nitrogens with zero attached hydrogens (tertiary/aromatic N) is 2. The van der Waals surface area contributed by atoms with Gasteiger partial charge in [0.15, 0.2) is 0 Å². The second-order valence-electron chi connectivity index (χ2n) is 12.2. The van der Waals surface area contributed by atoms with Crippen LogP contribution in [0.1, 0.15) is 64.0 Å². The Balaban J connectivity index is 1.94. The predicted molar refractivity (Wildman–Crippen MR) is 165 cm³/mol. The first-order valence-electron chi connectivity index (χ1n) is 14.8. The van der Waals surface area contributed by atoms with Gasteiger partial charge in [-0.25, -0.2) is 0 Å². The van der Waals surface area contributed by atoms with Crippen molar-refractivity contribution >= 4 is 29.3 Å². The summed E-state index contributed by atoms with van der Waals surface area (Å²) in [7, 11) is 0. The number of likely N-dealkylation sites (tertiary alicyclic amines) is 1. The maximum atomic E-state index is 13.8. The number of nitrogens with one attached hydrogen (secondary N) is 1. The van der Waals surface area contributed by atoms with E-state index in [9.17, 15) is 24.3 Å². The molecule has 2 aromatic rings. The van der Waals surface area contributed by atoms with Crippen LogP contribution < -0.4 is 22.5 Å². The van der Waals surface area contributed by atoms with Gasteiger partial charge in [0.1, 0.15) is 6.17 Å². The second-order valence-corrected chi connectivity index (χ2v) is 12.2. The van der Waals surface area contributed by atoms with Crippen LogP contribution in [0.2, 0.25) is 0 Å². The lowest BCUT2D eigenvalue weighted by atomic mass is 10.0. The average Bonchev–Trinajstić information content (AvgIpc) is 3.47. The second kappa shape index (κ2) is 15.1. The van der Waals surface area contributed by atoms with Gasteiger partial charge in [0, 0.05) is 17.6 Å². The monoisotopic (exact) mass is 594 g/mol. The molecule has 2 aromatic carbocycles. The molecule has 234 valence electrons. The van der Waals surface area contributed by atoms with Gasteiger partial charge in [-0.05, 0) is 82.7 Å². The molecule has 1 aliphatic rings. The summed E-state index contributed by atoms with van der Waals surface area (Å²) in [5.41, 5.74) is 19.2. The van der Waals surface area contributed by atoms with E-state index in [0.717, 1.165) is 29.0 Å². The maximum absolute atomic E-state index is 13.8. The van der Waals surface area contributed by atoms with Gasteiger partial charge in [0.2, 0.25) is 23.6 Å². The Labute approximate surface area is 253 Å². The van der Waals surface area contributed by atoms with Crippen LogP contribution in [0.25, 0.3) is 0 Å². The number of carbonyl (C=O) groups excluding carboxylic acids is 4. The highest BCUT2D eigenvalue weighted by Crippen LogP contribution is 2.27. The van der Waals surface area contributed by atoms with Crippen LogP contribution >= 0.6 is 0 Å². The number of nitrogen functional groups attached to an aromatic ring is 1. The summed E-state index contributed by atoms with van der Waals surface area (Å²) in [6.45, 7) is 6.77. The number of aryl methyl sites for hydroxylation is 2. The minimum absolute atomic E-state index is 0.117. The van der Waals surface area contributed by atoms with E-state index in [4.69, 9.17) is 17.2 Å². The van der Waals surface area contributed by atoms with Crippen LogP contribution in [0.15, 0.2) is 54.6 Å². The number of benzene rings is 2. The lowest BCUT2D eigenvalue weighted by Crippen LogP contribution is -2.64. The van der Waals surface area contributed by atoms with Gasteiger partial charge < -0.3 is 27.6 Å². The third-order valence-corrected chi connectivity index (χ3v) is 7.77. The van der Waals surface area contributed by atoms with Gasteiger partial charge in [0.25, 0.3) is 0 Å². The fraction of sp³-hybridized carbons (Fsp3) is 0.500. The highest BCUT2D eigenvalue weighted by Gasteiger charge is 2.42. The molecule has 0 saturated carbocycles. The molecule has 0 radical (unpaired) electrons. The van der Waals surface area contributed by atoms with E-state index in [2.05, 4.69) is 10.2 Å². The first kappa shape index (κ1) is 33.7. The standard InChI is InChI=1S/C32H46N6O5/c1-32(2,3)37-19-7-10-25(37)30(42)36-29(26(39)17-13-21-8-5-4-6-9-21)38(31(43)24(34)20-27(35)40)28(41)18-14-22-11-15-23(33)16-12-22/h4-6,8-9,11-12,15-16,24-26,29,39H,7,10,13-14,17-20,33-34H2,1-3H3,(H2,35,40)(H,36,42)/t24-,25+,26?,29?/m0/s1. The Bertz CT molecular complexity index is 1250. The molecule has 2 unspecified atom stereocenters. The number of hydrogen-bond donors (Lipinski definition) is 5. The summed E-state index contributed by atoms with van der Waals surface area (Å²) < 4.78 is 0. The predicted octanol–water partition coefficient (Wildman–Crippen LogP) is 1.46. The average molecular weight is 595 g/mol. The summed E-state index contributed by atoms with van der Waals surface area (Å²) in [6, 6.07) is 14.5. The summed E-state index contributed by atoms with van der Waals surface area (Å²) >= 11 is 0. The van der Waals surface area contributed by atoms with Gasteiger partial charge in [-0.15, -0.1) is 0 Å². The molecule has 1 saturated heterocycles. The smallest absolute Gasteiger partial charge is 0.248 e. The SMILES string of the molecule is CC(C)(C)N1CCC[C@@H]1C(=O)NC(C(O)CCc1ccccc1)N(C(=O)CCc1ccc(N)cc1)C(=O)[C@@H](N)CC(N)=O. The molecule has 0 bridgehead atoms. The first-order chi connectivity index (χ1) is 20.3. The van der Waals surface area contributed by atoms with Crippen LogP contribution in [0.4, 0.5) is 5.69 Å². The van der Waals surface area contributed by atoms with E-state index in [1.807, 2.05) is 51.1 Å². The molecule has 1 fully saturated rings. The number of primary amides is 1. The van der Waals surface area contributed by atoms with Crippen molar-refractivity contribution in [2.75, 3.05) is 12.3 Å². The molecule has 4 atom stereocenters. The van der Waals surface area contributed by atoms with Crippen molar-refractivity contribution in [2.45, 2.75) is 95.6 Å². The number of hydrogen-bond acceptors (Lipinski definition) is 8. The number of aliphatic hydroxyl groups is 1. The lowest BCUT2D eigenvalue weighted by Gasteiger charge is -2.39. The van der Waals surface area contributed by atoms with Crippen LogP contribution in [0.3, 0.4) is 0 Å². The van der Waals surface area contributed by atoms with Crippen molar-refractivity contribution < 1.29 is 24.3 Å². The maximum Gasteiger partial charge on any atom is 0.248 e. The Hall–Kier alpha value is -3.80. The number of nitrogens with two attached hydrogens (primary N) is 3. The Morgan fingerprint density at radius 2 is 1.65 bits per heavy atom. The van der Waals surface area contributed by atoms with Gasteiger partial charge in [-0.1, -0.05) is 42.5 Å². The quantitative estimate of drug-likeness (QED) is 0.170. The van der Waals surface area contributed by atoms with E-state index in [0.29, 0.717) is 18.5 Å². The van der Waals surface area contributed by atoms with E-state index in [1.54, 1.807) is 24.3 Å². The Morgan fingerprint density at radius 3 is 2.26 bits per heavy atom. The van der Waals surface area contributed by atoms with Crippen molar-refractivity contribution in [2.24, 2.45) is 11.5 Å². The zero-order valence-corrected chi connectivity index (χ0v) is 25.4. The fourth-order valence-electron chi connectivity index (χ4n) is 5.49. The molecule has 3 rings (SSSR count). The number of imide groups is 1. The minimum Gasteiger partial charge on any atom is -0.399 e. The molecule has 0 spiro atoms. The number of carbonyl (C=O) groups is 4. The highest BCUT2D eigenvalue weighted by atomic mass is 16.3. The third kappa shape index (κ3) is 9.60. The van der Waals surface area contributed by atoms with Gasteiger partial charge in [-0.3, -0.25) is 29.0 Å². The normalized spacial score (nSPS) is 17.6. The fourth-order valence-corrected chi connectivity index (χ4v) is 5.49. The zero-order valence-electron chi connectivity index (χ0n) is 25.4. The van der Waals surface area contributed by atoms with E-state index in [1.165, 1.54) is 0 Å². The summed E-state index contributed by atoms with van der Waals surface area (Å²) in [4.78, 5) is 55.8. The van der Waals surface area contributed by atoms with Crippen LogP contribution in [-0.2, 0) is 32.0 Å². The topological polar surface area (TPSA) is 185 Å². The molecule has 11 heteroatoms. The largest absolute Gasteiger partial charge is 0.399 e. The third-order valence-electron chi connectivity index (χ3n) is 7.77. The van der Waals surface area contributed by atoms with Crippen molar-refractivity contribution in [3.63, 3.8) is 0 Å². The van der Waals surface area contributed by atoms with E-state index >= 15 is 0 Å². The van der Waals surface area contributed by atoms with Gasteiger partial charge >= 0.3 is 0 Å². The summed E-state index contributed by atoms with van der Waals surface area (Å²) in [5, 5.41) is 14.4. The first-order valence-corrected chi connectivity index (χ1v) is 14.8. The summed E-state index contributed by atoms with van der Waals surface area (Å²) in [6.07, 6.45) is -1.10. The molecule has 1 heterocycles. The number of amides is 4. The molecule has 0 aromatic heterocycles. The van der Waals surface area contributed by atoms with Crippen LogP contribution in [0, 0.1) is 0 Å². The van der Waals surface area contributed by atoms with Crippen molar-refractivity contribution in [3.05, 3.63) is 65.7 Å². The minimum atomic E-state index is -1.43. The number of aliphatic hydroxyl groups excluding tert-OH is 1. The molecule has 11 nitrogen and oxygen atoms in total. The molecular weight excluding hydrogens is 548 g/mol. The Morgan fingerprint density at radius 1 is 1.02 bits per heavy atom. The molecule has 43 heavy (non-hydrogen) atoms. The number of rotatable bonds is 13. The Kier molecular flexibility index (Phi) is 11.8. The molecule has 8 N–H and O–H groups in total. The van der Waals surface area contributed by atoms with E-state index in [-0.39, 0.29) is 24.8 Å². The van der Waals surface area contributed by atoms with Crippen LogP contribution in [0.5, 0.6) is 0 Å². The highest BCUT2D eigenvalue weighted by molar-refractivity contribution is 6.00. The molecular formula is C32H46N6O5. The zero-order chi connectivity index (χ0) is 31.7. The number of anilines is 1. The van der Waals surface area contributed by atoms with Gasteiger partial charge in [-0.2, -0.15) is 0 Å². The van der Waals surface area contributed by atoms with Crippen LogP contribution in [-0.4, -0.2) is 75.0 Å². The lowest BCUT2D eigenvalue weighted by molar-refractivity contribution is -0.155. The summed E-state index contributed by atoms with van der Waals surface area (Å²) in [5.74, 6) is -2.76. The molecule has 1 aliphatic heterocycles. The van der Waals surface area contributed by atoms with Gasteiger partial charge in [0.05, 0.1) is 24.6 Å².